The predicted molar refractivity (Wildman–Crippen MR) is 269 cm³/mol. The third kappa shape index (κ3) is 44.9. The van der Waals surface area contributed by atoms with Gasteiger partial charge in [0.25, 0.3) is 0 Å². The highest BCUT2D eigenvalue weighted by molar-refractivity contribution is 5.77. The van der Waals surface area contributed by atoms with Crippen LogP contribution in [0, 0.1) is 0 Å². The van der Waals surface area contributed by atoms with Gasteiger partial charge < -0.3 is 20.3 Å². The predicted octanol–water partition coefficient (Wildman–Crippen LogP) is 16.7. The lowest BCUT2D eigenvalue weighted by molar-refractivity contribution is -0.151. The highest BCUT2D eigenvalue weighted by atomic mass is 16.5. The van der Waals surface area contributed by atoms with Gasteiger partial charge in [0.1, 0.15) is 6.10 Å². The molecule has 0 bridgehead atoms. The minimum atomic E-state index is -0.790. The molecule has 366 valence electrons. The number of carbonyl (C=O) groups is 2. The van der Waals surface area contributed by atoms with Gasteiger partial charge in [-0.3, -0.25) is 9.59 Å². The lowest BCUT2D eigenvalue weighted by Crippen LogP contribution is -2.46. The van der Waals surface area contributed by atoms with Gasteiger partial charge in [0.15, 0.2) is 0 Å². The standard InChI is InChI=1S/C56H107NO5/c1-4-7-10-13-16-19-21-23-25-27-28-30-32-34-37-40-43-46-49-56(61)62-52(47-44-41-38-36-33-31-29-26-24-22-20-17-14-11-8-5-2)50-55(60)57-53(51-58)54(59)48-45-42-39-35-18-15-12-9-6-3/h26,29,31,33,52-54,58-59H,4-25,27-28,30,32,34-51H2,1-3H3,(H,57,60)/b29-26+,33-31+. The number of carbonyl (C=O) groups excluding carboxylic acids is 2. The second kappa shape index (κ2) is 50.3. The number of rotatable bonds is 50. The topological polar surface area (TPSA) is 95.9 Å². The summed E-state index contributed by atoms with van der Waals surface area (Å²) in [5, 5.41) is 23.7. The van der Waals surface area contributed by atoms with Crippen molar-refractivity contribution in [2.75, 3.05) is 6.61 Å². The van der Waals surface area contributed by atoms with Crippen molar-refractivity contribution in [2.45, 2.75) is 315 Å². The van der Waals surface area contributed by atoms with Crippen molar-refractivity contribution in [1.82, 2.24) is 5.32 Å². The first kappa shape index (κ1) is 60.3. The minimum Gasteiger partial charge on any atom is -0.462 e. The van der Waals surface area contributed by atoms with E-state index in [1.807, 2.05) is 0 Å². The Morgan fingerprint density at radius 3 is 1.21 bits per heavy atom. The number of hydrogen-bond donors (Lipinski definition) is 3. The van der Waals surface area contributed by atoms with Crippen LogP contribution in [0.5, 0.6) is 0 Å². The van der Waals surface area contributed by atoms with E-state index in [0.29, 0.717) is 19.3 Å². The van der Waals surface area contributed by atoms with E-state index in [1.54, 1.807) is 0 Å². The monoisotopic (exact) mass is 874 g/mol. The summed E-state index contributed by atoms with van der Waals surface area (Å²) in [5.74, 6) is -0.484. The molecule has 6 heteroatoms. The lowest BCUT2D eigenvalue weighted by atomic mass is 10.0. The highest BCUT2D eigenvalue weighted by Crippen LogP contribution is 2.18. The first-order valence-corrected chi connectivity index (χ1v) is 27.6. The molecule has 0 aromatic heterocycles. The van der Waals surface area contributed by atoms with Crippen LogP contribution in [0.4, 0.5) is 0 Å². The molecular weight excluding hydrogens is 767 g/mol. The van der Waals surface area contributed by atoms with Crippen LogP contribution in [0.2, 0.25) is 0 Å². The summed E-state index contributed by atoms with van der Waals surface area (Å²) in [7, 11) is 0. The van der Waals surface area contributed by atoms with E-state index in [1.165, 1.54) is 180 Å². The first-order chi connectivity index (χ1) is 30.5. The van der Waals surface area contributed by atoms with Gasteiger partial charge in [-0.05, 0) is 51.4 Å². The number of ether oxygens (including phenoxy) is 1. The first-order valence-electron chi connectivity index (χ1n) is 27.6. The number of esters is 1. The SMILES string of the molecule is CCCCCCCCC/C=C/C=C/CCCCCC(CC(=O)NC(CO)C(O)CCCCCCCCCCC)OC(=O)CCCCCCCCCCCCCCCCCCCC. The van der Waals surface area contributed by atoms with E-state index in [4.69, 9.17) is 4.74 Å². The molecule has 0 saturated heterocycles. The number of aliphatic hydroxyl groups excluding tert-OH is 2. The number of allylic oxidation sites excluding steroid dienone is 4. The van der Waals surface area contributed by atoms with Crippen LogP contribution in [-0.4, -0.2) is 46.9 Å². The second-order valence-electron chi connectivity index (χ2n) is 19.0. The molecule has 0 rings (SSSR count). The molecule has 0 radical (unpaired) electrons. The van der Waals surface area contributed by atoms with Crippen molar-refractivity contribution in [3.63, 3.8) is 0 Å². The molecule has 3 N–H and O–H groups in total. The highest BCUT2D eigenvalue weighted by Gasteiger charge is 2.24. The molecule has 6 nitrogen and oxygen atoms in total. The van der Waals surface area contributed by atoms with Crippen LogP contribution >= 0.6 is 0 Å². The Morgan fingerprint density at radius 2 is 0.806 bits per heavy atom. The van der Waals surface area contributed by atoms with E-state index in [-0.39, 0.29) is 24.9 Å². The molecule has 0 aromatic carbocycles. The fourth-order valence-electron chi connectivity index (χ4n) is 8.60. The van der Waals surface area contributed by atoms with E-state index >= 15 is 0 Å². The maximum Gasteiger partial charge on any atom is 0.306 e. The Bertz CT molecular complexity index is 981. The van der Waals surface area contributed by atoms with Gasteiger partial charge in [0, 0.05) is 6.42 Å². The summed E-state index contributed by atoms with van der Waals surface area (Å²) in [6.07, 6.45) is 58.2. The van der Waals surface area contributed by atoms with Crippen LogP contribution in [0.15, 0.2) is 24.3 Å². The number of unbranched alkanes of at least 4 members (excludes halogenated alkanes) is 35. The Labute approximate surface area is 386 Å². The second-order valence-corrected chi connectivity index (χ2v) is 19.0. The van der Waals surface area contributed by atoms with Crippen LogP contribution in [0.3, 0.4) is 0 Å². The van der Waals surface area contributed by atoms with Crippen molar-refractivity contribution in [3.05, 3.63) is 24.3 Å². The smallest absolute Gasteiger partial charge is 0.306 e. The van der Waals surface area contributed by atoms with Crippen LogP contribution in [0.1, 0.15) is 297 Å². The summed E-state index contributed by atoms with van der Waals surface area (Å²) in [6.45, 7) is 6.48. The van der Waals surface area contributed by atoms with Crippen molar-refractivity contribution in [1.29, 1.82) is 0 Å². The van der Waals surface area contributed by atoms with Gasteiger partial charge in [0.2, 0.25) is 5.91 Å². The average molecular weight is 874 g/mol. The number of aliphatic hydroxyl groups is 2. The van der Waals surface area contributed by atoms with E-state index in [2.05, 4.69) is 50.4 Å². The molecule has 0 spiro atoms. The molecule has 3 unspecified atom stereocenters. The quantitative estimate of drug-likeness (QED) is 0.0321. The normalized spacial score (nSPS) is 13.3. The fourth-order valence-corrected chi connectivity index (χ4v) is 8.60. The van der Waals surface area contributed by atoms with Gasteiger partial charge in [-0.15, -0.1) is 0 Å². The van der Waals surface area contributed by atoms with Crippen LogP contribution in [-0.2, 0) is 14.3 Å². The average Bonchev–Trinajstić information content (AvgIpc) is 3.26. The fraction of sp³-hybridized carbons (Fsp3) is 0.893. The van der Waals surface area contributed by atoms with Crippen molar-refractivity contribution < 1.29 is 24.5 Å². The van der Waals surface area contributed by atoms with Gasteiger partial charge in [-0.2, -0.15) is 0 Å². The van der Waals surface area contributed by atoms with Crippen LogP contribution in [0.25, 0.3) is 0 Å². The van der Waals surface area contributed by atoms with E-state index in [9.17, 15) is 19.8 Å². The molecule has 3 atom stereocenters. The maximum atomic E-state index is 13.2. The van der Waals surface area contributed by atoms with Crippen molar-refractivity contribution >= 4 is 11.9 Å². The molecule has 0 aliphatic rings. The minimum absolute atomic E-state index is 0.0650. The third-order valence-corrected chi connectivity index (χ3v) is 12.8. The van der Waals surface area contributed by atoms with Gasteiger partial charge in [-0.25, -0.2) is 0 Å². The summed E-state index contributed by atoms with van der Waals surface area (Å²) in [4.78, 5) is 26.2. The van der Waals surface area contributed by atoms with Crippen LogP contribution < -0.4 is 5.32 Å². The molecule has 0 fully saturated rings. The summed E-state index contributed by atoms with van der Waals surface area (Å²) in [5.41, 5.74) is 0. The number of nitrogens with one attached hydrogen (secondary N) is 1. The molecule has 0 aliphatic heterocycles. The Kier molecular flexibility index (Phi) is 49.0. The van der Waals surface area contributed by atoms with Gasteiger partial charge in [-0.1, -0.05) is 257 Å². The number of hydrogen-bond acceptors (Lipinski definition) is 5. The summed E-state index contributed by atoms with van der Waals surface area (Å²) >= 11 is 0. The van der Waals surface area contributed by atoms with Crippen molar-refractivity contribution in [3.8, 4) is 0 Å². The zero-order valence-corrected chi connectivity index (χ0v) is 41.8. The van der Waals surface area contributed by atoms with Crippen molar-refractivity contribution in [2.24, 2.45) is 0 Å². The molecule has 0 saturated carbocycles. The molecule has 62 heavy (non-hydrogen) atoms. The Hall–Kier alpha value is -1.66. The van der Waals surface area contributed by atoms with Gasteiger partial charge in [0.05, 0.1) is 25.2 Å². The van der Waals surface area contributed by atoms with E-state index < -0.39 is 18.2 Å². The van der Waals surface area contributed by atoms with E-state index in [0.717, 1.165) is 70.6 Å². The zero-order chi connectivity index (χ0) is 45.2. The molecular formula is C56H107NO5. The Morgan fingerprint density at radius 1 is 0.468 bits per heavy atom. The lowest BCUT2D eigenvalue weighted by Gasteiger charge is -2.24. The largest absolute Gasteiger partial charge is 0.462 e. The van der Waals surface area contributed by atoms with Gasteiger partial charge >= 0.3 is 5.97 Å². The Balaban J connectivity index is 4.54. The zero-order valence-electron chi connectivity index (χ0n) is 41.8. The third-order valence-electron chi connectivity index (χ3n) is 12.8. The molecule has 1 amide bonds. The summed E-state index contributed by atoms with van der Waals surface area (Å²) in [6, 6.07) is -0.705. The molecule has 0 heterocycles. The molecule has 0 aromatic rings. The summed E-state index contributed by atoms with van der Waals surface area (Å²) < 4.78 is 5.94. The number of amides is 1. The molecule has 0 aliphatic carbocycles. The maximum absolute atomic E-state index is 13.2.